The van der Waals surface area contributed by atoms with Crippen LogP contribution in [0.3, 0.4) is 0 Å². The highest BCUT2D eigenvalue weighted by molar-refractivity contribution is 9.10. The Morgan fingerprint density at radius 1 is 1.50 bits per heavy atom. The molecular weight excluding hydrogens is 252 g/mol. The number of halogens is 1. The molecule has 0 spiro atoms. The fraction of sp³-hybridized carbons (Fsp3) is 0.500. The minimum Gasteiger partial charge on any atom is -0.391 e. The van der Waals surface area contributed by atoms with E-state index in [1.807, 2.05) is 0 Å². The highest BCUT2D eigenvalue weighted by atomic mass is 79.9. The van der Waals surface area contributed by atoms with Crippen LogP contribution in [0.2, 0.25) is 0 Å². The quantitative estimate of drug-likeness (QED) is 0.802. The van der Waals surface area contributed by atoms with Crippen molar-refractivity contribution < 1.29 is 5.11 Å². The van der Waals surface area contributed by atoms with Gasteiger partial charge in [-0.2, -0.15) is 0 Å². The van der Waals surface area contributed by atoms with E-state index >= 15 is 0 Å². The smallest absolute Gasteiger partial charge is 0.328 e. The molecule has 0 saturated heterocycles. The molecule has 0 amide bonds. The lowest BCUT2D eigenvalue weighted by Gasteiger charge is -2.17. The molecule has 1 aromatic rings. The molecular formula is C8H11BrN2O3. The van der Waals surface area contributed by atoms with Crippen LogP contribution in [-0.2, 0) is 0 Å². The van der Waals surface area contributed by atoms with Crippen LogP contribution in [0.4, 0.5) is 0 Å². The Balaban J connectivity index is 3.30. The van der Waals surface area contributed by atoms with Crippen molar-refractivity contribution in [2.24, 2.45) is 0 Å². The van der Waals surface area contributed by atoms with Crippen LogP contribution >= 0.6 is 15.9 Å². The van der Waals surface area contributed by atoms with E-state index in [9.17, 15) is 14.7 Å². The molecule has 5 nitrogen and oxygen atoms in total. The van der Waals surface area contributed by atoms with Gasteiger partial charge in [0, 0.05) is 6.20 Å². The van der Waals surface area contributed by atoms with Gasteiger partial charge in [0.2, 0.25) is 0 Å². The summed E-state index contributed by atoms with van der Waals surface area (Å²) in [6, 6.07) is -0.379. The second-order valence-corrected chi connectivity index (χ2v) is 3.98. The van der Waals surface area contributed by atoms with Gasteiger partial charge in [-0.1, -0.05) is 0 Å². The number of aromatic nitrogens is 2. The Kier molecular flexibility index (Phi) is 3.28. The predicted octanol–water partition coefficient (Wildman–Crippen LogP) is 0.241. The maximum atomic E-state index is 11.3. The first-order valence-corrected chi connectivity index (χ1v) is 4.92. The van der Waals surface area contributed by atoms with E-state index in [0.29, 0.717) is 0 Å². The van der Waals surface area contributed by atoms with Gasteiger partial charge < -0.3 is 5.11 Å². The van der Waals surface area contributed by atoms with E-state index in [2.05, 4.69) is 20.9 Å². The molecule has 2 unspecified atom stereocenters. The van der Waals surface area contributed by atoms with E-state index in [0.717, 1.165) is 0 Å². The number of aliphatic hydroxyl groups excluding tert-OH is 1. The standard InChI is InChI=1S/C8H11BrN2O3/c1-4(5(2)12)11-3-6(9)7(13)10-8(11)14/h3-5,12H,1-2H3,(H,10,13,14). The Labute approximate surface area is 88.5 Å². The molecule has 0 saturated carbocycles. The first-order valence-electron chi connectivity index (χ1n) is 4.12. The van der Waals surface area contributed by atoms with E-state index in [-0.39, 0.29) is 10.5 Å². The van der Waals surface area contributed by atoms with Crippen LogP contribution < -0.4 is 11.2 Å². The molecule has 14 heavy (non-hydrogen) atoms. The van der Waals surface area contributed by atoms with Gasteiger partial charge in [-0.05, 0) is 29.8 Å². The minimum absolute atomic E-state index is 0.268. The van der Waals surface area contributed by atoms with Crippen LogP contribution in [0, 0.1) is 0 Å². The summed E-state index contributed by atoms with van der Waals surface area (Å²) < 4.78 is 1.54. The lowest BCUT2D eigenvalue weighted by molar-refractivity contribution is 0.136. The lowest BCUT2D eigenvalue weighted by atomic mass is 10.2. The number of hydrogen-bond donors (Lipinski definition) is 2. The van der Waals surface area contributed by atoms with Gasteiger partial charge in [0.05, 0.1) is 16.6 Å². The predicted molar refractivity (Wildman–Crippen MR) is 55.4 cm³/mol. The molecule has 1 heterocycles. The molecule has 0 aliphatic carbocycles. The van der Waals surface area contributed by atoms with E-state index < -0.39 is 17.4 Å². The maximum Gasteiger partial charge on any atom is 0.328 e. The van der Waals surface area contributed by atoms with Gasteiger partial charge >= 0.3 is 5.69 Å². The first kappa shape index (κ1) is 11.2. The second kappa shape index (κ2) is 4.10. The van der Waals surface area contributed by atoms with Gasteiger partial charge in [0.1, 0.15) is 0 Å². The van der Waals surface area contributed by atoms with Crippen molar-refractivity contribution in [3.63, 3.8) is 0 Å². The van der Waals surface area contributed by atoms with Crippen molar-refractivity contribution in [2.45, 2.75) is 26.0 Å². The average molecular weight is 263 g/mol. The van der Waals surface area contributed by atoms with Gasteiger partial charge in [0.15, 0.2) is 0 Å². The van der Waals surface area contributed by atoms with Crippen molar-refractivity contribution in [1.29, 1.82) is 0 Å². The highest BCUT2D eigenvalue weighted by Crippen LogP contribution is 2.09. The Morgan fingerprint density at radius 3 is 2.57 bits per heavy atom. The monoisotopic (exact) mass is 262 g/mol. The first-order chi connectivity index (χ1) is 6.43. The summed E-state index contributed by atoms with van der Waals surface area (Å²) >= 11 is 3.01. The summed E-state index contributed by atoms with van der Waals surface area (Å²) in [4.78, 5) is 24.5. The maximum absolute atomic E-state index is 11.3. The van der Waals surface area contributed by atoms with E-state index in [4.69, 9.17) is 0 Å². The molecule has 0 bridgehead atoms. The molecule has 6 heteroatoms. The zero-order valence-electron chi connectivity index (χ0n) is 7.82. The number of nitrogens with zero attached hydrogens (tertiary/aromatic N) is 1. The molecule has 0 aliphatic rings. The molecule has 1 aromatic heterocycles. The fourth-order valence-electron chi connectivity index (χ4n) is 0.996. The van der Waals surface area contributed by atoms with Gasteiger partial charge in [0.25, 0.3) is 5.56 Å². The van der Waals surface area contributed by atoms with Crippen LogP contribution in [-0.4, -0.2) is 20.8 Å². The minimum atomic E-state index is -0.662. The molecule has 1 rings (SSSR count). The van der Waals surface area contributed by atoms with Gasteiger partial charge in [-0.15, -0.1) is 0 Å². The van der Waals surface area contributed by atoms with Crippen molar-refractivity contribution in [2.75, 3.05) is 0 Å². The number of rotatable bonds is 2. The highest BCUT2D eigenvalue weighted by Gasteiger charge is 2.13. The Hall–Kier alpha value is -0.880. The topological polar surface area (TPSA) is 75.1 Å². The molecule has 0 aromatic carbocycles. The third kappa shape index (κ3) is 2.13. The SMILES string of the molecule is CC(O)C(C)n1cc(Br)c(=O)[nH]c1=O. The molecule has 2 atom stereocenters. The zero-order valence-corrected chi connectivity index (χ0v) is 9.41. The zero-order chi connectivity index (χ0) is 10.9. The summed E-state index contributed by atoms with van der Waals surface area (Å²) in [7, 11) is 0. The molecule has 0 radical (unpaired) electrons. The van der Waals surface area contributed by atoms with Crippen molar-refractivity contribution in [1.82, 2.24) is 9.55 Å². The van der Waals surface area contributed by atoms with Crippen LogP contribution in [0.5, 0.6) is 0 Å². The Morgan fingerprint density at radius 2 is 2.07 bits per heavy atom. The largest absolute Gasteiger partial charge is 0.391 e. The molecule has 0 aliphatic heterocycles. The van der Waals surface area contributed by atoms with Crippen molar-refractivity contribution in [3.8, 4) is 0 Å². The third-order valence-corrected chi connectivity index (χ3v) is 2.63. The van der Waals surface area contributed by atoms with E-state index in [1.54, 1.807) is 13.8 Å². The van der Waals surface area contributed by atoms with Crippen LogP contribution in [0.25, 0.3) is 0 Å². The molecule has 2 N–H and O–H groups in total. The number of aromatic amines is 1. The average Bonchev–Trinajstić information content (AvgIpc) is 2.10. The number of aliphatic hydroxyl groups is 1. The normalized spacial score (nSPS) is 15.1. The number of nitrogens with one attached hydrogen (secondary N) is 1. The number of H-pyrrole nitrogens is 1. The summed E-state index contributed by atoms with van der Waals surface area (Å²) in [5.41, 5.74) is -0.990. The van der Waals surface area contributed by atoms with Crippen LogP contribution in [0.15, 0.2) is 20.3 Å². The van der Waals surface area contributed by atoms with E-state index in [1.165, 1.54) is 10.8 Å². The molecule has 0 fully saturated rings. The van der Waals surface area contributed by atoms with Gasteiger partial charge in [-0.25, -0.2) is 4.79 Å². The van der Waals surface area contributed by atoms with Crippen LogP contribution in [0.1, 0.15) is 19.9 Å². The fourth-order valence-corrected chi connectivity index (χ4v) is 1.32. The van der Waals surface area contributed by atoms with Crippen molar-refractivity contribution >= 4 is 15.9 Å². The number of hydrogen-bond acceptors (Lipinski definition) is 3. The van der Waals surface area contributed by atoms with Crippen molar-refractivity contribution in [3.05, 3.63) is 31.5 Å². The third-order valence-electron chi connectivity index (χ3n) is 2.06. The van der Waals surface area contributed by atoms with Gasteiger partial charge in [-0.3, -0.25) is 14.3 Å². The second-order valence-electron chi connectivity index (χ2n) is 3.12. The summed E-state index contributed by atoms with van der Waals surface area (Å²) in [6.45, 7) is 3.27. The lowest BCUT2D eigenvalue weighted by Crippen LogP contribution is -2.34. The summed E-state index contributed by atoms with van der Waals surface area (Å²) in [5, 5.41) is 9.29. The summed E-state index contributed by atoms with van der Waals surface area (Å²) in [6.07, 6.45) is 0.712. The Bertz CT molecular complexity index is 435. The summed E-state index contributed by atoms with van der Waals surface area (Å²) in [5.74, 6) is 0. The molecule has 78 valence electrons.